The molecular formula is C62H86N8O8. The second-order valence-corrected chi connectivity index (χ2v) is 24.5. The Kier molecular flexibility index (Phi) is 19.6. The standard InChI is InChI=1S/C62H86N8O8/c1-11-45(63-9)55(73)67-53(61(3,4)5)59(77)69-35-37(30-49(69)57(75)65-47-28-18-22-39-20-13-15-26-43(39)47)32-51(71)41-24-17-25-42(34-41)52(72)33-38-31-50(58(76)66-48-29-19-23-40-21-14-16-27-44(40)48)70(36-38)60(78)54(62(6,7)8)68-56(74)46(12-2)64-10/h13-17,20-21,24-27,34,37-38,45-50,53-54,63-64H,11-12,18-19,22-23,28-33,35-36H2,1-10H3,(H,65,75)(H,66,76)(H,67,73)(H,68,74)/t37-,38-,45+,46+,47-,48?,49+,50+,53-,54-/m1/s1. The Morgan fingerprint density at radius 2 is 0.936 bits per heavy atom. The summed E-state index contributed by atoms with van der Waals surface area (Å²) in [5, 5.41) is 18.5. The molecule has 0 radical (unpaired) electrons. The highest BCUT2D eigenvalue weighted by Gasteiger charge is 2.48. The molecule has 16 heteroatoms. The minimum Gasteiger partial charge on any atom is -0.347 e. The summed E-state index contributed by atoms with van der Waals surface area (Å²) in [6.07, 6.45) is 6.61. The number of carbonyl (C=O) groups is 8. The first-order valence-electron chi connectivity index (χ1n) is 28.6. The molecule has 2 heterocycles. The van der Waals surface area contributed by atoms with Gasteiger partial charge in [-0.25, -0.2) is 0 Å². The normalized spacial score (nSPS) is 22.7. The number of amides is 6. The van der Waals surface area contributed by atoms with E-state index in [0.717, 1.165) is 49.7 Å². The molecule has 6 amide bonds. The predicted molar refractivity (Wildman–Crippen MR) is 301 cm³/mol. The molecule has 10 atom stereocenters. The number of ketones is 2. The van der Waals surface area contributed by atoms with Crippen molar-refractivity contribution in [2.75, 3.05) is 27.2 Å². The third-order valence-corrected chi connectivity index (χ3v) is 16.7. The molecule has 6 N–H and O–H groups in total. The van der Waals surface area contributed by atoms with Gasteiger partial charge in [0, 0.05) is 37.1 Å². The highest BCUT2D eigenvalue weighted by molar-refractivity contribution is 6.02. The van der Waals surface area contributed by atoms with E-state index in [4.69, 9.17) is 0 Å². The Hall–Kier alpha value is -6.26. The summed E-state index contributed by atoms with van der Waals surface area (Å²) in [6, 6.07) is 17.5. The molecule has 7 rings (SSSR count). The van der Waals surface area contributed by atoms with Crippen LogP contribution in [-0.2, 0) is 41.6 Å². The third kappa shape index (κ3) is 13.9. The lowest BCUT2D eigenvalue weighted by atomic mass is 9.85. The second kappa shape index (κ2) is 25.7. The van der Waals surface area contributed by atoms with E-state index in [2.05, 4.69) is 44.0 Å². The zero-order valence-corrected chi connectivity index (χ0v) is 47.8. The largest absolute Gasteiger partial charge is 0.347 e. The van der Waals surface area contributed by atoms with Crippen LogP contribution in [0.1, 0.15) is 175 Å². The third-order valence-electron chi connectivity index (χ3n) is 16.7. The van der Waals surface area contributed by atoms with Gasteiger partial charge in [0.05, 0.1) is 24.2 Å². The summed E-state index contributed by atoms with van der Waals surface area (Å²) in [6.45, 7) is 15.3. The molecular weight excluding hydrogens is 985 g/mol. The van der Waals surface area contributed by atoms with E-state index < -0.39 is 70.7 Å². The average Bonchev–Trinajstić information content (AvgIpc) is 4.13. The number of rotatable bonds is 20. The molecule has 0 aromatic heterocycles. The molecule has 2 saturated heterocycles. The maximum absolute atomic E-state index is 14.8. The maximum Gasteiger partial charge on any atom is 0.246 e. The number of likely N-dealkylation sites (N-methyl/N-ethyl adjacent to an activating group) is 2. The van der Waals surface area contributed by atoms with Crippen LogP contribution < -0.4 is 31.9 Å². The smallest absolute Gasteiger partial charge is 0.246 e. The van der Waals surface area contributed by atoms with Gasteiger partial charge in [-0.1, -0.05) is 122 Å². The predicted octanol–water partition coefficient (Wildman–Crippen LogP) is 6.71. The number of hydrogen-bond acceptors (Lipinski definition) is 10. The van der Waals surface area contributed by atoms with Crippen molar-refractivity contribution in [1.82, 2.24) is 41.7 Å². The molecule has 16 nitrogen and oxygen atoms in total. The van der Waals surface area contributed by atoms with Crippen molar-refractivity contribution in [1.29, 1.82) is 0 Å². The lowest BCUT2D eigenvalue weighted by Crippen LogP contribution is -2.60. The summed E-state index contributed by atoms with van der Waals surface area (Å²) in [4.78, 5) is 118. The Labute approximate surface area is 462 Å². The molecule has 3 aromatic carbocycles. The van der Waals surface area contributed by atoms with Crippen molar-refractivity contribution in [2.24, 2.45) is 22.7 Å². The summed E-state index contributed by atoms with van der Waals surface area (Å²) in [7, 11) is 3.39. The number of Topliss-reactive ketones (excluding diaryl/α,β-unsaturated/α-hetero) is 2. The van der Waals surface area contributed by atoms with E-state index in [0.29, 0.717) is 24.0 Å². The van der Waals surface area contributed by atoms with Crippen molar-refractivity contribution < 1.29 is 38.4 Å². The summed E-state index contributed by atoms with van der Waals surface area (Å²) in [5.41, 5.74) is 3.66. The fourth-order valence-electron chi connectivity index (χ4n) is 12.3. The minimum absolute atomic E-state index is 0.00241. The number of likely N-dealkylation sites (tertiary alicyclic amines) is 2. The Morgan fingerprint density at radius 1 is 0.551 bits per heavy atom. The van der Waals surface area contributed by atoms with E-state index in [1.807, 2.05) is 91.8 Å². The molecule has 0 saturated carbocycles. The van der Waals surface area contributed by atoms with Gasteiger partial charge in [0.1, 0.15) is 24.2 Å². The van der Waals surface area contributed by atoms with Crippen LogP contribution in [0.25, 0.3) is 0 Å². The number of nitrogens with zero attached hydrogens (tertiary/aromatic N) is 2. The summed E-state index contributed by atoms with van der Waals surface area (Å²) < 4.78 is 0. The monoisotopic (exact) mass is 1070 g/mol. The van der Waals surface area contributed by atoms with Crippen LogP contribution >= 0.6 is 0 Å². The Bertz CT molecular complexity index is 2510. The topological polar surface area (TPSA) is 215 Å². The Morgan fingerprint density at radius 3 is 1.29 bits per heavy atom. The lowest BCUT2D eigenvalue weighted by molar-refractivity contribution is -0.144. The van der Waals surface area contributed by atoms with Gasteiger partial charge in [-0.15, -0.1) is 0 Å². The van der Waals surface area contributed by atoms with E-state index in [1.54, 1.807) is 48.2 Å². The molecule has 2 aliphatic carbocycles. The number of benzene rings is 3. The van der Waals surface area contributed by atoms with Crippen LogP contribution in [0.15, 0.2) is 72.8 Å². The fourth-order valence-corrected chi connectivity index (χ4v) is 12.3. The van der Waals surface area contributed by atoms with E-state index >= 15 is 0 Å². The SMILES string of the molecule is CC[C@H](NC)C(=O)N[C@H](C(=O)N1C[C@@H](CC(=O)c2cccc(C(=O)C[C@H]3C[C@@H](C(=O)N[C@@H]4CCCc5ccccc54)N(C(=O)[C@@H](NC(=O)[C@H](CC)NC)C(C)(C)C)C3)c2)C[C@H]1C(=O)NC1CCCc2ccccc21)C(C)(C)C. The zero-order valence-electron chi connectivity index (χ0n) is 47.8. The van der Waals surface area contributed by atoms with Gasteiger partial charge < -0.3 is 41.7 Å². The van der Waals surface area contributed by atoms with Crippen LogP contribution in [-0.4, -0.2) is 120 Å². The fraction of sp³-hybridized carbons (Fsp3) is 0.581. The molecule has 1 unspecified atom stereocenters. The highest BCUT2D eigenvalue weighted by atomic mass is 16.2. The van der Waals surface area contributed by atoms with Crippen molar-refractivity contribution >= 4 is 47.0 Å². The first-order valence-corrected chi connectivity index (χ1v) is 28.6. The van der Waals surface area contributed by atoms with E-state index in [-0.39, 0.29) is 86.1 Å². The van der Waals surface area contributed by atoms with Gasteiger partial charge in [0.25, 0.3) is 0 Å². The molecule has 2 aliphatic heterocycles. The quantitative estimate of drug-likeness (QED) is 0.0658. The second-order valence-electron chi connectivity index (χ2n) is 24.5. The van der Waals surface area contributed by atoms with Crippen LogP contribution in [0.4, 0.5) is 0 Å². The van der Waals surface area contributed by atoms with Gasteiger partial charge in [0.15, 0.2) is 11.6 Å². The van der Waals surface area contributed by atoms with Crippen LogP contribution in [0.2, 0.25) is 0 Å². The molecule has 3 aromatic rings. The van der Waals surface area contributed by atoms with E-state index in [1.165, 1.54) is 11.1 Å². The van der Waals surface area contributed by atoms with E-state index in [9.17, 15) is 38.4 Å². The molecule has 78 heavy (non-hydrogen) atoms. The highest BCUT2D eigenvalue weighted by Crippen LogP contribution is 2.36. The number of hydrogen-bond donors (Lipinski definition) is 6. The number of aryl methyl sites for hydroxylation is 2. The maximum atomic E-state index is 14.8. The molecule has 0 spiro atoms. The van der Waals surface area contributed by atoms with Gasteiger partial charge >= 0.3 is 0 Å². The molecule has 4 aliphatic rings. The van der Waals surface area contributed by atoms with Crippen molar-refractivity contribution in [3.8, 4) is 0 Å². The zero-order chi connectivity index (χ0) is 56.6. The molecule has 422 valence electrons. The number of nitrogens with one attached hydrogen (secondary N) is 6. The molecule has 2 fully saturated rings. The van der Waals surface area contributed by atoms with Crippen LogP contribution in [0.3, 0.4) is 0 Å². The van der Waals surface area contributed by atoms with Crippen LogP contribution in [0.5, 0.6) is 0 Å². The van der Waals surface area contributed by atoms with Crippen molar-refractivity contribution in [3.05, 3.63) is 106 Å². The average molecular weight is 1070 g/mol. The van der Waals surface area contributed by atoms with Crippen molar-refractivity contribution in [2.45, 2.75) is 181 Å². The molecule has 0 bridgehead atoms. The number of carbonyl (C=O) groups excluding carboxylic acids is 8. The van der Waals surface area contributed by atoms with Gasteiger partial charge in [0.2, 0.25) is 35.4 Å². The summed E-state index contributed by atoms with van der Waals surface area (Å²) in [5.74, 6) is -3.35. The van der Waals surface area contributed by atoms with Gasteiger partial charge in [-0.2, -0.15) is 0 Å². The van der Waals surface area contributed by atoms with Crippen LogP contribution in [0, 0.1) is 22.7 Å². The minimum atomic E-state index is -0.961. The van der Waals surface area contributed by atoms with Gasteiger partial charge in [-0.05, 0) is 129 Å². The first kappa shape index (κ1) is 59.4. The summed E-state index contributed by atoms with van der Waals surface area (Å²) >= 11 is 0. The number of fused-ring (bicyclic) bond motifs is 2. The lowest BCUT2D eigenvalue weighted by Gasteiger charge is -2.36. The Balaban J connectivity index is 1.09. The van der Waals surface area contributed by atoms with Crippen molar-refractivity contribution in [3.63, 3.8) is 0 Å². The first-order chi connectivity index (χ1) is 37.1. The van der Waals surface area contributed by atoms with Gasteiger partial charge in [-0.3, -0.25) is 38.4 Å².